The van der Waals surface area contributed by atoms with E-state index in [2.05, 4.69) is 14.1 Å². The molecular formula is C9H17N2O18P3. The second-order valence-electron chi connectivity index (χ2n) is 5.63. The van der Waals surface area contributed by atoms with Gasteiger partial charge >= 0.3 is 29.2 Å². The molecule has 20 nitrogen and oxygen atoms in total. The molecule has 1 aliphatic heterocycles. The number of aliphatic hydroxyl groups excluding tert-OH is 2. The van der Waals surface area contributed by atoms with Gasteiger partial charge < -0.3 is 49.2 Å². The van der Waals surface area contributed by atoms with E-state index in [0.717, 1.165) is 12.3 Å². The molecule has 0 amide bonds. The van der Waals surface area contributed by atoms with Crippen molar-refractivity contribution in [2.75, 3.05) is 0 Å². The molecule has 1 fully saturated rings. The number of aromatic amines is 1. The van der Waals surface area contributed by atoms with Crippen LogP contribution in [0.25, 0.3) is 0 Å². The zero-order chi connectivity index (χ0) is 25.1. The van der Waals surface area contributed by atoms with Gasteiger partial charge in [0, 0.05) is 12.3 Å². The minimum atomic E-state index is -5.36. The maximum Gasteiger partial charge on any atom is 0.496 e. The van der Waals surface area contributed by atoms with E-state index in [9.17, 15) is 28.9 Å². The summed E-state index contributed by atoms with van der Waals surface area (Å²) in [6.07, 6.45) is -9.13. The quantitative estimate of drug-likeness (QED) is 0.0684. The molecule has 0 saturated carbocycles. The van der Waals surface area contributed by atoms with E-state index in [1.54, 1.807) is 0 Å². The molecule has 0 aromatic carbocycles. The molecule has 10 N–H and O–H groups in total. The summed E-state index contributed by atoms with van der Waals surface area (Å²) >= 11 is 0. The van der Waals surface area contributed by atoms with E-state index >= 15 is 0 Å². The fraction of sp³-hybridized carbons (Fsp3) is 0.556. The Kier molecular flexibility index (Phi) is 9.79. The van der Waals surface area contributed by atoms with Crippen molar-refractivity contribution in [1.82, 2.24) is 9.55 Å². The first-order valence-corrected chi connectivity index (χ1v) is 12.2. The van der Waals surface area contributed by atoms with Gasteiger partial charge in [-0.05, 0) is 0 Å². The first kappa shape index (κ1) is 28.9. The standard InChI is InChI=1S/C9H14N2O14P2.H3O4P/c12-3-1-2-11(9(15)10-3)7-5(14)4(13)6(22-7)8(24-26(16,17)18)23-25-27(19,20)21;1-5(2,3)4/h1-2,4-8,13-14H,(H,10,12,15)(H2,16,17,18)(H2,19,20,21);(H3,1,2,3,4)/t4-,5+,6-,7+,8?;/m0./s1. The Morgan fingerprint density at radius 3 is 1.94 bits per heavy atom. The molecule has 2 heterocycles. The van der Waals surface area contributed by atoms with Gasteiger partial charge in [0.2, 0.25) is 6.29 Å². The van der Waals surface area contributed by atoms with Crippen LogP contribution in [0.5, 0.6) is 0 Å². The number of H-pyrrole nitrogens is 1. The van der Waals surface area contributed by atoms with Gasteiger partial charge in [-0.25, -0.2) is 18.5 Å². The molecule has 0 spiro atoms. The Bertz CT molecular complexity index is 1010. The molecule has 1 saturated heterocycles. The second-order valence-corrected chi connectivity index (χ2v) is 8.98. The highest BCUT2D eigenvalue weighted by Gasteiger charge is 2.51. The van der Waals surface area contributed by atoms with E-state index in [1.807, 2.05) is 4.98 Å². The highest BCUT2D eigenvalue weighted by molar-refractivity contribution is 7.46. The van der Waals surface area contributed by atoms with Crippen LogP contribution in [0.1, 0.15) is 6.23 Å². The fourth-order valence-corrected chi connectivity index (χ4v) is 2.76. The number of nitrogens with one attached hydrogen (secondary N) is 1. The van der Waals surface area contributed by atoms with Crippen LogP contribution in [0, 0.1) is 0 Å². The largest absolute Gasteiger partial charge is 0.496 e. The number of hydrogen-bond acceptors (Lipinski definition) is 11. The van der Waals surface area contributed by atoms with Crippen molar-refractivity contribution >= 4 is 23.5 Å². The molecule has 0 bridgehead atoms. The zero-order valence-electron chi connectivity index (χ0n) is 15.0. The van der Waals surface area contributed by atoms with Crippen LogP contribution >= 0.6 is 23.5 Å². The van der Waals surface area contributed by atoms with Crippen LogP contribution in [0.4, 0.5) is 0 Å². The van der Waals surface area contributed by atoms with E-state index in [1.165, 1.54) is 0 Å². The lowest BCUT2D eigenvalue weighted by atomic mass is 10.1. The lowest BCUT2D eigenvalue weighted by Gasteiger charge is -2.24. The fourth-order valence-electron chi connectivity index (χ4n) is 2.13. The van der Waals surface area contributed by atoms with Gasteiger partial charge in [0.15, 0.2) is 6.23 Å². The van der Waals surface area contributed by atoms with Gasteiger partial charge in [-0.15, -0.1) is 4.67 Å². The summed E-state index contributed by atoms with van der Waals surface area (Å²) in [5.41, 5.74) is -1.83. The summed E-state index contributed by atoms with van der Waals surface area (Å²) < 4.78 is 44.0. The van der Waals surface area contributed by atoms with Crippen molar-refractivity contribution in [2.24, 2.45) is 0 Å². The molecule has 186 valence electrons. The molecule has 2 rings (SSSR count). The Morgan fingerprint density at radius 1 is 0.969 bits per heavy atom. The molecule has 5 atom stereocenters. The zero-order valence-corrected chi connectivity index (χ0v) is 17.7. The van der Waals surface area contributed by atoms with Crippen molar-refractivity contribution < 1.29 is 77.0 Å². The number of ether oxygens (including phenoxy) is 1. The third kappa shape index (κ3) is 10.2. The van der Waals surface area contributed by atoms with Gasteiger partial charge in [-0.1, -0.05) is 0 Å². The van der Waals surface area contributed by atoms with Crippen LogP contribution in [0.15, 0.2) is 21.9 Å². The molecule has 1 aromatic rings. The lowest BCUT2D eigenvalue weighted by Crippen LogP contribution is -2.41. The molecule has 23 heteroatoms. The number of phosphoric acid groups is 3. The first-order chi connectivity index (χ1) is 14.3. The van der Waals surface area contributed by atoms with E-state index in [0.29, 0.717) is 4.57 Å². The lowest BCUT2D eigenvalue weighted by molar-refractivity contribution is -0.338. The van der Waals surface area contributed by atoms with Crippen LogP contribution in [-0.4, -0.2) is 78.6 Å². The topological polar surface area (TPSA) is 325 Å². The SMILES string of the molecule is O=P(O)(O)O.O=c1ccn([C@@H]2O[C@H](C(OOP(=O)(O)O)OP(=O)(O)O)[C@@H](O)[C@H]2O)c(=O)[nH]1. The third-order valence-electron chi connectivity index (χ3n) is 3.14. The minimum absolute atomic E-state index is 0.633. The van der Waals surface area contributed by atoms with Gasteiger partial charge in [-0.3, -0.25) is 18.9 Å². The minimum Gasteiger partial charge on any atom is -0.387 e. The molecule has 32 heavy (non-hydrogen) atoms. The maximum atomic E-state index is 11.8. The van der Waals surface area contributed by atoms with E-state index in [-0.39, 0.29) is 0 Å². The normalized spacial score (nSPS) is 25.2. The molecule has 1 unspecified atom stereocenters. The van der Waals surface area contributed by atoms with Crippen LogP contribution in [0.2, 0.25) is 0 Å². The third-order valence-corrected chi connectivity index (χ3v) is 3.91. The number of nitrogens with zero attached hydrogens (tertiary/aromatic N) is 1. The summed E-state index contributed by atoms with van der Waals surface area (Å²) in [5, 5.41) is 20.0. The Labute approximate surface area is 174 Å². The monoisotopic (exact) mass is 534 g/mol. The molecule has 1 aliphatic rings. The summed E-state index contributed by atoms with van der Waals surface area (Å²) in [4.78, 5) is 85.2. The van der Waals surface area contributed by atoms with Crippen molar-refractivity contribution in [3.8, 4) is 0 Å². The number of aromatic nitrogens is 2. The Hall–Kier alpha value is -1.15. The van der Waals surface area contributed by atoms with Crippen molar-refractivity contribution in [1.29, 1.82) is 0 Å². The highest BCUT2D eigenvalue weighted by Crippen LogP contribution is 2.44. The molecule has 0 radical (unpaired) electrons. The number of aliphatic hydroxyl groups is 2. The number of hydrogen-bond donors (Lipinski definition) is 10. The van der Waals surface area contributed by atoms with Crippen molar-refractivity contribution in [2.45, 2.75) is 30.8 Å². The summed E-state index contributed by atoms with van der Waals surface area (Å²) in [7, 11) is -15.3. The predicted molar refractivity (Wildman–Crippen MR) is 92.6 cm³/mol. The second kappa shape index (κ2) is 10.9. The molecular weight excluding hydrogens is 517 g/mol. The smallest absolute Gasteiger partial charge is 0.387 e. The number of rotatable bonds is 7. The molecule has 1 aromatic heterocycles. The first-order valence-electron chi connectivity index (χ1n) is 7.54. The van der Waals surface area contributed by atoms with Gasteiger partial charge in [0.1, 0.15) is 18.3 Å². The average molecular weight is 534 g/mol. The predicted octanol–water partition coefficient (Wildman–Crippen LogP) is -4.30. The summed E-state index contributed by atoms with van der Waals surface area (Å²) in [5.74, 6) is 0. The summed E-state index contributed by atoms with van der Waals surface area (Å²) in [6, 6.07) is 0.883. The van der Waals surface area contributed by atoms with Crippen LogP contribution in [-0.2, 0) is 32.5 Å². The van der Waals surface area contributed by atoms with E-state index < -0.39 is 65.5 Å². The van der Waals surface area contributed by atoms with E-state index in [4.69, 9.17) is 43.6 Å². The van der Waals surface area contributed by atoms with Gasteiger partial charge in [0.05, 0.1) is 0 Å². The summed E-state index contributed by atoms with van der Waals surface area (Å²) in [6.45, 7) is 0. The highest BCUT2D eigenvalue weighted by atomic mass is 31.2. The Balaban J connectivity index is 0.000000920. The van der Waals surface area contributed by atoms with Gasteiger partial charge in [0.25, 0.3) is 5.56 Å². The van der Waals surface area contributed by atoms with Crippen LogP contribution in [0.3, 0.4) is 0 Å². The number of phosphoric ester groups is 1. The molecule has 0 aliphatic carbocycles. The Morgan fingerprint density at radius 2 is 1.50 bits per heavy atom. The van der Waals surface area contributed by atoms with Crippen molar-refractivity contribution in [3.05, 3.63) is 33.1 Å². The van der Waals surface area contributed by atoms with Crippen LogP contribution < -0.4 is 11.2 Å². The van der Waals surface area contributed by atoms with Crippen molar-refractivity contribution in [3.63, 3.8) is 0 Å². The average Bonchev–Trinajstić information content (AvgIpc) is 2.84. The maximum absolute atomic E-state index is 11.8. The van der Waals surface area contributed by atoms with Gasteiger partial charge in [-0.2, -0.15) is 4.89 Å².